The molecule has 0 N–H and O–H groups in total. The largest absolute Gasteiger partial charge is 0.472 e. The summed E-state index contributed by atoms with van der Waals surface area (Å²) in [5.41, 5.74) is 0.991. The van der Waals surface area contributed by atoms with E-state index in [-0.39, 0.29) is 11.2 Å². The van der Waals surface area contributed by atoms with Gasteiger partial charge in [-0.1, -0.05) is 0 Å². The molecule has 0 aliphatic rings. The molecule has 0 aromatic carbocycles. The van der Waals surface area contributed by atoms with Crippen molar-refractivity contribution >= 4 is 18.5 Å². The molecule has 0 saturated carbocycles. The van der Waals surface area contributed by atoms with Gasteiger partial charge in [0.15, 0.2) is 0 Å². The lowest BCUT2D eigenvalue weighted by molar-refractivity contribution is -0.129. The first-order valence-corrected chi connectivity index (χ1v) is 4.57. The van der Waals surface area contributed by atoms with Gasteiger partial charge < -0.3 is 9.32 Å². The molecule has 13 heavy (non-hydrogen) atoms. The minimum Gasteiger partial charge on any atom is -0.472 e. The van der Waals surface area contributed by atoms with Crippen LogP contribution in [0.1, 0.15) is 12.5 Å². The van der Waals surface area contributed by atoms with Crippen LogP contribution in [0.4, 0.5) is 0 Å². The molecular formula is C9H13NO2S. The van der Waals surface area contributed by atoms with Crippen molar-refractivity contribution in [1.82, 2.24) is 4.90 Å². The molecule has 4 heteroatoms. The second kappa shape index (κ2) is 4.37. The number of amides is 1. The van der Waals surface area contributed by atoms with Gasteiger partial charge in [-0.2, -0.15) is 12.6 Å². The molecule has 1 aromatic heterocycles. The highest BCUT2D eigenvalue weighted by Crippen LogP contribution is 2.06. The highest BCUT2D eigenvalue weighted by atomic mass is 32.1. The van der Waals surface area contributed by atoms with Crippen LogP contribution in [0.5, 0.6) is 0 Å². The third kappa shape index (κ3) is 2.81. The molecule has 0 spiro atoms. The Balaban J connectivity index is 2.51. The number of furan rings is 1. The fourth-order valence-electron chi connectivity index (χ4n) is 1.05. The standard InChI is InChI=1S/C9H13NO2S/c1-7(13)9(11)10(2)5-8-3-4-12-6-8/h3-4,6-7,13H,5H2,1-2H3. The zero-order chi connectivity index (χ0) is 9.84. The van der Waals surface area contributed by atoms with Crippen LogP contribution in [-0.4, -0.2) is 23.1 Å². The van der Waals surface area contributed by atoms with E-state index in [9.17, 15) is 4.79 Å². The second-order valence-electron chi connectivity index (χ2n) is 3.00. The summed E-state index contributed by atoms with van der Waals surface area (Å²) in [4.78, 5) is 13.0. The minimum atomic E-state index is -0.253. The van der Waals surface area contributed by atoms with Gasteiger partial charge in [-0.05, 0) is 13.0 Å². The Labute approximate surface area is 83.1 Å². The van der Waals surface area contributed by atoms with Crippen LogP contribution in [0.25, 0.3) is 0 Å². The molecule has 3 nitrogen and oxygen atoms in total. The number of rotatable bonds is 3. The normalized spacial score (nSPS) is 12.5. The maximum atomic E-state index is 11.4. The third-order valence-electron chi connectivity index (χ3n) is 1.73. The molecular weight excluding hydrogens is 186 g/mol. The Kier molecular flexibility index (Phi) is 3.42. The van der Waals surface area contributed by atoms with E-state index in [0.29, 0.717) is 6.54 Å². The van der Waals surface area contributed by atoms with Gasteiger partial charge >= 0.3 is 0 Å². The van der Waals surface area contributed by atoms with Crippen molar-refractivity contribution in [3.05, 3.63) is 24.2 Å². The third-order valence-corrected chi connectivity index (χ3v) is 1.95. The van der Waals surface area contributed by atoms with Gasteiger partial charge in [0.05, 0.1) is 17.8 Å². The van der Waals surface area contributed by atoms with Crippen molar-refractivity contribution < 1.29 is 9.21 Å². The lowest BCUT2D eigenvalue weighted by Crippen LogP contribution is -2.31. The van der Waals surface area contributed by atoms with Gasteiger partial charge in [0.25, 0.3) is 0 Å². The van der Waals surface area contributed by atoms with Gasteiger partial charge in [0.1, 0.15) is 0 Å². The Hall–Kier alpha value is -0.900. The maximum Gasteiger partial charge on any atom is 0.235 e. The number of hydrogen-bond donors (Lipinski definition) is 1. The molecule has 1 atom stereocenters. The molecule has 0 fully saturated rings. The quantitative estimate of drug-likeness (QED) is 0.749. The average molecular weight is 199 g/mol. The Morgan fingerprint density at radius 1 is 1.77 bits per heavy atom. The summed E-state index contributed by atoms with van der Waals surface area (Å²) in [6.45, 7) is 2.33. The first-order chi connectivity index (χ1) is 6.11. The summed E-state index contributed by atoms with van der Waals surface area (Å²) >= 11 is 4.07. The number of carbonyl (C=O) groups is 1. The number of nitrogens with zero attached hydrogens (tertiary/aromatic N) is 1. The molecule has 1 aromatic rings. The summed E-state index contributed by atoms with van der Waals surface area (Å²) < 4.78 is 4.90. The fourth-order valence-corrected chi connectivity index (χ4v) is 1.25. The van der Waals surface area contributed by atoms with Crippen LogP contribution in [0.15, 0.2) is 23.0 Å². The fraction of sp³-hybridized carbons (Fsp3) is 0.444. The van der Waals surface area contributed by atoms with E-state index in [1.54, 1.807) is 31.4 Å². The van der Waals surface area contributed by atoms with E-state index >= 15 is 0 Å². The molecule has 1 unspecified atom stereocenters. The molecule has 0 saturated heterocycles. The molecule has 72 valence electrons. The van der Waals surface area contributed by atoms with E-state index in [2.05, 4.69) is 12.6 Å². The molecule has 1 heterocycles. The van der Waals surface area contributed by atoms with Crippen molar-refractivity contribution in [2.24, 2.45) is 0 Å². The number of thiol groups is 1. The Bertz CT molecular complexity index is 269. The topological polar surface area (TPSA) is 33.5 Å². The van der Waals surface area contributed by atoms with Crippen LogP contribution < -0.4 is 0 Å². The van der Waals surface area contributed by atoms with Crippen molar-refractivity contribution in [2.45, 2.75) is 18.7 Å². The summed E-state index contributed by atoms with van der Waals surface area (Å²) in [7, 11) is 1.75. The lowest BCUT2D eigenvalue weighted by atomic mass is 10.3. The Morgan fingerprint density at radius 2 is 2.46 bits per heavy atom. The molecule has 1 rings (SSSR count). The summed E-state index contributed by atoms with van der Waals surface area (Å²) in [6, 6.07) is 1.84. The van der Waals surface area contributed by atoms with E-state index in [4.69, 9.17) is 4.42 Å². The predicted octanol–water partition coefficient (Wildman–Crippen LogP) is 1.56. The highest BCUT2D eigenvalue weighted by molar-refractivity contribution is 7.81. The van der Waals surface area contributed by atoms with E-state index in [1.165, 1.54) is 0 Å². The smallest absolute Gasteiger partial charge is 0.235 e. The van der Waals surface area contributed by atoms with Crippen molar-refractivity contribution in [2.75, 3.05) is 7.05 Å². The maximum absolute atomic E-state index is 11.4. The van der Waals surface area contributed by atoms with Crippen LogP contribution in [0.3, 0.4) is 0 Å². The van der Waals surface area contributed by atoms with Gasteiger partial charge in [-0.15, -0.1) is 0 Å². The molecule has 0 radical (unpaired) electrons. The number of carbonyl (C=O) groups excluding carboxylic acids is 1. The first kappa shape index (κ1) is 10.2. The van der Waals surface area contributed by atoms with Crippen LogP contribution in [0.2, 0.25) is 0 Å². The Morgan fingerprint density at radius 3 is 2.92 bits per heavy atom. The van der Waals surface area contributed by atoms with Crippen molar-refractivity contribution in [3.8, 4) is 0 Å². The van der Waals surface area contributed by atoms with Crippen LogP contribution in [-0.2, 0) is 11.3 Å². The zero-order valence-electron chi connectivity index (χ0n) is 7.73. The van der Waals surface area contributed by atoms with Gasteiger partial charge in [-0.25, -0.2) is 0 Å². The highest BCUT2D eigenvalue weighted by Gasteiger charge is 2.13. The van der Waals surface area contributed by atoms with Crippen LogP contribution >= 0.6 is 12.6 Å². The molecule has 0 bridgehead atoms. The average Bonchev–Trinajstić information content (AvgIpc) is 2.55. The van der Waals surface area contributed by atoms with E-state index in [0.717, 1.165) is 5.56 Å². The van der Waals surface area contributed by atoms with Crippen LogP contribution in [0, 0.1) is 0 Å². The monoisotopic (exact) mass is 199 g/mol. The molecule has 0 aliphatic heterocycles. The summed E-state index contributed by atoms with van der Waals surface area (Å²) in [5.74, 6) is 0.0181. The lowest BCUT2D eigenvalue weighted by Gasteiger charge is -2.17. The second-order valence-corrected chi connectivity index (χ2v) is 3.78. The van der Waals surface area contributed by atoms with Gasteiger partial charge in [0.2, 0.25) is 5.91 Å². The summed E-state index contributed by atoms with van der Waals surface area (Å²) in [6.07, 6.45) is 3.23. The zero-order valence-corrected chi connectivity index (χ0v) is 8.62. The van der Waals surface area contributed by atoms with Gasteiger partial charge in [-0.3, -0.25) is 4.79 Å². The van der Waals surface area contributed by atoms with Gasteiger partial charge in [0, 0.05) is 19.2 Å². The first-order valence-electron chi connectivity index (χ1n) is 4.05. The van der Waals surface area contributed by atoms with Crippen molar-refractivity contribution in [3.63, 3.8) is 0 Å². The predicted molar refractivity (Wildman–Crippen MR) is 53.6 cm³/mol. The van der Waals surface area contributed by atoms with Crippen molar-refractivity contribution in [1.29, 1.82) is 0 Å². The van der Waals surface area contributed by atoms with E-state index < -0.39 is 0 Å². The summed E-state index contributed by atoms with van der Waals surface area (Å²) in [5, 5.41) is -0.253. The molecule has 1 amide bonds. The minimum absolute atomic E-state index is 0.0181. The number of hydrogen-bond acceptors (Lipinski definition) is 3. The van der Waals surface area contributed by atoms with E-state index in [1.807, 2.05) is 6.07 Å². The SMILES string of the molecule is CC(S)C(=O)N(C)Cc1ccoc1. The molecule has 0 aliphatic carbocycles.